The van der Waals surface area contributed by atoms with E-state index in [9.17, 15) is 31.9 Å². The number of alkyl halides is 3. The quantitative estimate of drug-likeness (QED) is 0.291. The van der Waals surface area contributed by atoms with Gasteiger partial charge in [0.05, 0.1) is 22.0 Å². The Morgan fingerprint density at radius 2 is 1.75 bits per heavy atom. The topological polar surface area (TPSA) is 113 Å². The molecule has 0 saturated heterocycles. The van der Waals surface area contributed by atoms with Gasteiger partial charge in [-0.25, -0.2) is 14.4 Å². The molecule has 0 bridgehead atoms. The standard InChI is InChI=1S/C22H16ClF4N5O3S/c1-10-16(17(33)30-14-8-11(22(25,26)27)2-3-13(14)23)36-20(29-10)32-19(35)21(5-6-21)18(34)31-15-9-12(24)4-7-28-15/h2-4,7-9H,5-6H2,1H3,(H,30,33)(H,28,31,34)(H,29,32,35). The van der Waals surface area contributed by atoms with Crippen molar-refractivity contribution in [3.8, 4) is 0 Å². The summed E-state index contributed by atoms with van der Waals surface area (Å²) in [5.74, 6) is -2.76. The highest BCUT2D eigenvalue weighted by Crippen LogP contribution is 2.47. The van der Waals surface area contributed by atoms with E-state index < -0.39 is 40.7 Å². The van der Waals surface area contributed by atoms with Crippen LogP contribution in [0.5, 0.6) is 0 Å². The van der Waals surface area contributed by atoms with Gasteiger partial charge in [0.2, 0.25) is 11.8 Å². The molecule has 36 heavy (non-hydrogen) atoms. The molecule has 1 aliphatic rings. The maximum atomic E-state index is 13.3. The minimum Gasteiger partial charge on any atom is -0.320 e. The number of carbonyl (C=O) groups excluding carboxylic acids is 3. The van der Waals surface area contributed by atoms with E-state index in [2.05, 4.69) is 25.9 Å². The number of carbonyl (C=O) groups is 3. The molecule has 1 aliphatic carbocycles. The molecule has 1 fully saturated rings. The van der Waals surface area contributed by atoms with Gasteiger partial charge in [0.1, 0.15) is 21.9 Å². The van der Waals surface area contributed by atoms with Crippen molar-refractivity contribution in [1.29, 1.82) is 0 Å². The fourth-order valence-corrected chi connectivity index (χ4v) is 4.27. The van der Waals surface area contributed by atoms with Gasteiger partial charge in [-0.2, -0.15) is 13.2 Å². The zero-order valence-corrected chi connectivity index (χ0v) is 19.9. The first-order valence-electron chi connectivity index (χ1n) is 10.3. The number of aromatic nitrogens is 2. The summed E-state index contributed by atoms with van der Waals surface area (Å²) >= 11 is 6.71. The third kappa shape index (κ3) is 5.31. The third-order valence-electron chi connectivity index (χ3n) is 5.35. The third-order valence-corrected chi connectivity index (χ3v) is 6.75. The second kappa shape index (κ2) is 9.47. The number of benzene rings is 1. The Morgan fingerprint density at radius 1 is 1.06 bits per heavy atom. The van der Waals surface area contributed by atoms with Crippen molar-refractivity contribution >= 4 is 57.3 Å². The molecule has 3 N–H and O–H groups in total. The van der Waals surface area contributed by atoms with Crippen LogP contribution in [-0.2, 0) is 15.8 Å². The Kier molecular flexibility index (Phi) is 6.71. The van der Waals surface area contributed by atoms with Crippen molar-refractivity contribution in [1.82, 2.24) is 9.97 Å². The average Bonchev–Trinajstić information content (AvgIpc) is 3.53. The number of nitrogens with one attached hydrogen (secondary N) is 3. The fourth-order valence-electron chi connectivity index (χ4n) is 3.25. The van der Waals surface area contributed by atoms with Gasteiger partial charge in [0.15, 0.2) is 5.13 Å². The molecule has 2 aromatic heterocycles. The van der Waals surface area contributed by atoms with E-state index in [1.54, 1.807) is 0 Å². The van der Waals surface area contributed by atoms with Gasteiger partial charge in [0.25, 0.3) is 5.91 Å². The van der Waals surface area contributed by atoms with Gasteiger partial charge < -0.3 is 16.0 Å². The summed E-state index contributed by atoms with van der Waals surface area (Å²) in [6.07, 6.45) is -2.97. The SMILES string of the molecule is Cc1nc(NC(=O)C2(C(=O)Nc3cc(F)ccn3)CC2)sc1C(=O)Nc1cc(C(F)(F)F)ccc1Cl. The Labute approximate surface area is 210 Å². The number of nitrogens with zero attached hydrogens (tertiary/aromatic N) is 2. The molecule has 14 heteroatoms. The normalized spacial score (nSPS) is 14.2. The van der Waals surface area contributed by atoms with E-state index in [4.69, 9.17) is 11.6 Å². The summed E-state index contributed by atoms with van der Waals surface area (Å²) in [5, 5.41) is 7.15. The van der Waals surface area contributed by atoms with Crippen LogP contribution in [0.1, 0.15) is 33.8 Å². The van der Waals surface area contributed by atoms with Crippen molar-refractivity contribution in [3.63, 3.8) is 0 Å². The number of aryl methyl sites for hydroxylation is 1. The molecule has 3 amide bonds. The van der Waals surface area contributed by atoms with E-state index in [0.29, 0.717) is 6.07 Å². The van der Waals surface area contributed by atoms with Gasteiger partial charge in [0, 0.05) is 12.3 Å². The van der Waals surface area contributed by atoms with Gasteiger partial charge in [-0.1, -0.05) is 22.9 Å². The zero-order chi connectivity index (χ0) is 26.3. The molecule has 0 unspecified atom stereocenters. The number of anilines is 3. The van der Waals surface area contributed by atoms with Crippen LogP contribution in [0, 0.1) is 18.2 Å². The molecule has 0 aliphatic heterocycles. The molecule has 1 saturated carbocycles. The van der Waals surface area contributed by atoms with Crippen molar-refractivity contribution in [3.05, 3.63) is 63.5 Å². The van der Waals surface area contributed by atoms with Crippen molar-refractivity contribution in [2.45, 2.75) is 25.9 Å². The molecular formula is C22H16ClF4N5O3S. The van der Waals surface area contributed by atoms with Gasteiger partial charge >= 0.3 is 6.18 Å². The highest BCUT2D eigenvalue weighted by atomic mass is 35.5. The first kappa shape index (κ1) is 25.5. The van der Waals surface area contributed by atoms with Gasteiger partial charge in [-0.15, -0.1) is 0 Å². The van der Waals surface area contributed by atoms with Crippen molar-refractivity contribution < 1.29 is 31.9 Å². The maximum absolute atomic E-state index is 13.3. The summed E-state index contributed by atoms with van der Waals surface area (Å²) in [6, 6.07) is 4.64. The van der Waals surface area contributed by atoms with Crippen LogP contribution in [0.25, 0.3) is 0 Å². The molecule has 2 heterocycles. The second-order valence-corrected chi connectivity index (χ2v) is 9.34. The first-order chi connectivity index (χ1) is 16.9. The minimum atomic E-state index is -4.63. The zero-order valence-electron chi connectivity index (χ0n) is 18.3. The predicted molar refractivity (Wildman–Crippen MR) is 124 cm³/mol. The van der Waals surface area contributed by atoms with E-state index >= 15 is 0 Å². The molecule has 4 rings (SSSR count). The second-order valence-electron chi connectivity index (χ2n) is 7.93. The van der Waals surface area contributed by atoms with Crippen LogP contribution in [-0.4, -0.2) is 27.7 Å². The number of rotatable bonds is 6. The lowest BCUT2D eigenvalue weighted by Gasteiger charge is -2.13. The van der Waals surface area contributed by atoms with Crippen LogP contribution < -0.4 is 16.0 Å². The Balaban J connectivity index is 1.46. The van der Waals surface area contributed by atoms with E-state index in [1.165, 1.54) is 13.1 Å². The summed E-state index contributed by atoms with van der Waals surface area (Å²) in [4.78, 5) is 46.1. The van der Waals surface area contributed by atoms with E-state index in [0.717, 1.165) is 35.6 Å². The van der Waals surface area contributed by atoms with Crippen LogP contribution in [0.2, 0.25) is 5.02 Å². The largest absolute Gasteiger partial charge is 0.416 e. The number of hydrogen-bond donors (Lipinski definition) is 3. The van der Waals surface area contributed by atoms with Crippen molar-refractivity contribution in [2.24, 2.45) is 5.41 Å². The predicted octanol–water partition coefficient (Wildman–Crippen LogP) is 5.27. The first-order valence-corrected chi connectivity index (χ1v) is 11.5. The van der Waals surface area contributed by atoms with Crippen LogP contribution >= 0.6 is 22.9 Å². The molecule has 0 radical (unpaired) electrons. The lowest BCUT2D eigenvalue weighted by atomic mass is 10.1. The maximum Gasteiger partial charge on any atom is 0.416 e. The minimum absolute atomic E-state index is 0.0146. The fraction of sp³-hybridized carbons (Fsp3) is 0.227. The number of halogens is 5. The van der Waals surface area contributed by atoms with E-state index in [-0.39, 0.29) is 45.1 Å². The van der Waals surface area contributed by atoms with Crippen LogP contribution in [0.4, 0.5) is 34.2 Å². The molecule has 1 aromatic carbocycles. The summed E-state index contributed by atoms with van der Waals surface area (Å²) in [5.41, 5.74) is -2.43. The van der Waals surface area contributed by atoms with Crippen LogP contribution in [0.3, 0.4) is 0 Å². The summed E-state index contributed by atoms with van der Waals surface area (Å²) in [7, 11) is 0. The molecule has 0 atom stereocenters. The number of pyridine rings is 1. The van der Waals surface area contributed by atoms with Crippen LogP contribution in [0.15, 0.2) is 36.5 Å². The highest BCUT2D eigenvalue weighted by molar-refractivity contribution is 7.17. The Bertz CT molecular complexity index is 1370. The Morgan fingerprint density at radius 3 is 2.39 bits per heavy atom. The number of hydrogen-bond acceptors (Lipinski definition) is 6. The average molecular weight is 542 g/mol. The lowest BCUT2D eigenvalue weighted by Crippen LogP contribution is -2.35. The van der Waals surface area contributed by atoms with Crippen molar-refractivity contribution in [2.75, 3.05) is 16.0 Å². The number of thiazole rings is 1. The summed E-state index contributed by atoms with van der Waals surface area (Å²) < 4.78 is 52.3. The monoisotopic (exact) mass is 541 g/mol. The molecular weight excluding hydrogens is 526 g/mol. The molecule has 0 spiro atoms. The highest BCUT2D eigenvalue weighted by Gasteiger charge is 2.57. The Hall–Kier alpha value is -3.58. The molecule has 3 aromatic rings. The van der Waals surface area contributed by atoms with Gasteiger partial charge in [-0.3, -0.25) is 14.4 Å². The number of amides is 3. The molecule has 188 valence electrons. The lowest BCUT2D eigenvalue weighted by molar-refractivity contribution is -0.137. The summed E-state index contributed by atoms with van der Waals surface area (Å²) in [6.45, 7) is 1.48. The molecule has 8 nitrogen and oxygen atoms in total. The van der Waals surface area contributed by atoms with Gasteiger partial charge in [-0.05, 0) is 44.0 Å². The smallest absolute Gasteiger partial charge is 0.320 e. The van der Waals surface area contributed by atoms with E-state index in [1.807, 2.05) is 0 Å².